The summed E-state index contributed by atoms with van der Waals surface area (Å²) in [4.78, 5) is 46.9. The Morgan fingerprint density at radius 1 is 0.973 bits per heavy atom. The number of hydrogen-bond donors (Lipinski definition) is 4. The number of amides is 3. The Labute approximate surface area is 218 Å². The van der Waals surface area contributed by atoms with E-state index in [1.807, 2.05) is 0 Å². The minimum Gasteiger partial charge on any atom is -0.349 e. The molecule has 37 heavy (non-hydrogen) atoms. The van der Waals surface area contributed by atoms with E-state index in [0.717, 1.165) is 19.6 Å². The van der Waals surface area contributed by atoms with E-state index in [-0.39, 0.29) is 28.9 Å². The largest absolute Gasteiger partial charge is 0.349 e. The Hall–Kier alpha value is -3.76. The number of rotatable bonds is 9. The number of likely N-dealkylation sites (tertiary alicyclic amines) is 1. The van der Waals surface area contributed by atoms with E-state index in [4.69, 9.17) is 11.6 Å². The molecule has 0 spiro atoms. The Morgan fingerprint density at radius 3 is 2.46 bits per heavy atom. The highest BCUT2D eigenvalue weighted by Gasteiger charge is 2.21. The Morgan fingerprint density at radius 2 is 1.73 bits per heavy atom. The summed E-state index contributed by atoms with van der Waals surface area (Å²) in [6, 6.07) is 10.2. The molecule has 4 rings (SSSR count). The maximum absolute atomic E-state index is 13.2. The average molecular weight is 527 g/mol. The van der Waals surface area contributed by atoms with E-state index in [0.29, 0.717) is 23.4 Å². The van der Waals surface area contributed by atoms with Gasteiger partial charge in [0.05, 0.1) is 6.33 Å². The van der Waals surface area contributed by atoms with E-state index >= 15 is 0 Å². The normalized spacial score (nSPS) is 13.7. The lowest BCUT2D eigenvalue weighted by molar-refractivity contribution is 0.0928. The molecule has 3 amide bonds. The first-order valence-corrected chi connectivity index (χ1v) is 12.5. The lowest BCUT2D eigenvalue weighted by Gasteiger charge is -2.26. The number of aromatic nitrogens is 2. The molecule has 194 valence electrons. The zero-order chi connectivity index (χ0) is 26.2. The summed E-state index contributed by atoms with van der Waals surface area (Å²) in [5, 5.41) is 8.48. The van der Waals surface area contributed by atoms with E-state index in [1.165, 1.54) is 43.8 Å². The molecule has 0 bridgehead atoms. The predicted molar refractivity (Wildman–Crippen MR) is 138 cm³/mol. The summed E-state index contributed by atoms with van der Waals surface area (Å²) in [7, 11) is 0. The fraction of sp³-hybridized carbons (Fsp3) is 0.308. The first-order valence-electron chi connectivity index (χ1n) is 12.1. The van der Waals surface area contributed by atoms with Gasteiger partial charge in [0, 0.05) is 35.9 Å². The number of anilines is 1. The maximum atomic E-state index is 13.2. The van der Waals surface area contributed by atoms with Crippen LogP contribution >= 0.6 is 11.6 Å². The molecule has 11 heteroatoms. The van der Waals surface area contributed by atoms with Crippen molar-refractivity contribution in [3.8, 4) is 0 Å². The highest BCUT2D eigenvalue weighted by atomic mass is 35.5. The molecular weight excluding hydrogens is 499 g/mol. The van der Waals surface area contributed by atoms with Crippen LogP contribution in [0.25, 0.3) is 0 Å². The smallest absolute Gasteiger partial charge is 0.276 e. The molecule has 4 N–H and O–H groups in total. The molecule has 0 aliphatic carbocycles. The summed E-state index contributed by atoms with van der Waals surface area (Å²) in [6.45, 7) is 3.46. The summed E-state index contributed by atoms with van der Waals surface area (Å²) in [6.07, 6.45) is 4.90. The van der Waals surface area contributed by atoms with E-state index < -0.39 is 17.6 Å². The number of carbonyl (C=O) groups excluding carboxylic acids is 3. The van der Waals surface area contributed by atoms with Crippen molar-refractivity contribution in [3.05, 3.63) is 82.1 Å². The number of benzene rings is 2. The van der Waals surface area contributed by atoms with Crippen molar-refractivity contribution in [2.24, 2.45) is 0 Å². The quantitative estimate of drug-likeness (QED) is 0.340. The second-order valence-corrected chi connectivity index (χ2v) is 9.14. The molecule has 0 radical (unpaired) electrons. The molecule has 1 aliphatic rings. The number of aromatic amines is 1. The van der Waals surface area contributed by atoms with Gasteiger partial charge in [-0.1, -0.05) is 24.1 Å². The van der Waals surface area contributed by atoms with Gasteiger partial charge in [0.15, 0.2) is 5.69 Å². The van der Waals surface area contributed by atoms with Gasteiger partial charge in [-0.2, -0.15) is 0 Å². The minimum atomic E-state index is -0.550. The number of hydrogen-bond acceptors (Lipinski definition) is 5. The molecule has 2 heterocycles. The monoisotopic (exact) mass is 526 g/mol. The summed E-state index contributed by atoms with van der Waals surface area (Å²) in [5.74, 6) is -1.75. The Balaban J connectivity index is 1.28. The van der Waals surface area contributed by atoms with E-state index in [2.05, 4.69) is 30.8 Å². The van der Waals surface area contributed by atoms with Gasteiger partial charge >= 0.3 is 0 Å². The number of nitrogens with one attached hydrogen (secondary N) is 4. The highest BCUT2D eigenvalue weighted by molar-refractivity contribution is 6.31. The molecular formula is C26H28ClFN6O3. The van der Waals surface area contributed by atoms with E-state index in [9.17, 15) is 18.8 Å². The molecule has 3 aromatic rings. The fourth-order valence-corrected chi connectivity index (χ4v) is 4.31. The zero-order valence-corrected chi connectivity index (χ0v) is 20.9. The molecule has 0 unspecified atom stereocenters. The van der Waals surface area contributed by atoms with Crippen molar-refractivity contribution in [1.82, 2.24) is 25.5 Å². The van der Waals surface area contributed by atoms with Gasteiger partial charge in [-0.3, -0.25) is 14.4 Å². The van der Waals surface area contributed by atoms with Crippen LogP contribution in [0.3, 0.4) is 0 Å². The molecule has 2 aromatic carbocycles. The van der Waals surface area contributed by atoms with Crippen LogP contribution in [0.4, 0.5) is 10.1 Å². The highest BCUT2D eigenvalue weighted by Crippen LogP contribution is 2.17. The van der Waals surface area contributed by atoms with Gasteiger partial charge in [0.25, 0.3) is 17.7 Å². The van der Waals surface area contributed by atoms with Crippen LogP contribution in [0.5, 0.6) is 0 Å². The number of carbonyl (C=O) groups is 3. The van der Waals surface area contributed by atoms with Gasteiger partial charge in [0.2, 0.25) is 0 Å². The standard InChI is InChI=1S/C26H28ClFN6O3/c27-21-14-19(28)7-4-18(21)15-30-24(35)17-5-8-20(9-6-17)33-26(37)23-22(31-16-32-23)25(36)29-10-13-34-11-2-1-3-12-34/h4-9,14,16H,1-3,10-13,15H2,(H,29,36)(H,30,35)(H,31,32)(H,33,37). The van der Waals surface area contributed by atoms with Crippen LogP contribution < -0.4 is 16.0 Å². The Kier molecular flexibility index (Phi) is 8.86. The third-order valence-corrected chi connectivity index (χ3v) is 6.46. The first-order chi connectivity index (χ1) is 17.9. The second kappa shape index (κ2) is 12.5. The number of H-pyrrole nitrogens is 1. The third kappa shape index (κ3) is 7.14. The number of piperidine rings is 1. The van der Waals surface area contributed by atoms with Crippen LogP contribution in [0.15, 0.2) is 48.8 Å². The summed E-state index contributed by atoms with van der Waals surface area (Å²) < 4.78 is 13.2. The van der Waals surface area contributed by atoms with Crippen molar-refractivity contribution < 1.29 is 18.8 Å². The predicted octanol–water partition coefficient (Wildman–Crippen LogP) is 3.60. The molecule has 1 aliphatic heterocycles. The van der Waals surface area contributed by atoms with Crippen molar-refractivity contribution in [2.75, 3.05) is 31.5 Å². The number of nitrogens with zero attached hydrogens (tertiary/aromatic N) is 2. The van der Waals surface area contributed by atoms with Gasteiger partial charge < -0.3 is 25.8 Å². The molecule has 9 nitrogen and oxygen atoms in total. The molecule has 1 saturated heterocycles. The van der Waals surface area contributed by atoms with Gasteiger partial charge in [-0.15, -0.1) is 0 Å². The molecule has 0 atom stereocenters. The third-order valence-electron chi connectivity index (χ3n) is 6.10. The van der Waals surface area contributed by atoms with Crippen LogP contribution in [-0.2, 0) is 6.54 Å². The summed E-state index contributed by atoms with van der Waals surface area (Å²) >= 11 is 5.99. The lowest BCUT2D eigenvalue weighted by Crippen LogP contribution is -2.38. The zero-order valence-electron chi connectivity index (χ0n) is 20.2. The van der Waals surface area contributed by atoms with Crippen LogP contribution in [0, 0.1) is 5.82 Å². The number of imidazole rings is 1. The maximum Gasteiger partial charge on any atom is 0.276 e. The van der Waals surface area contributed by atoms with E-state index in [1.54, 1.807) is 24.3 Å². The second-order valence-electron chi connectivity index (χ2n) is 8.73. The van der Waals surface area contributed by atoms with Gasteiger partial charge in [0.1, 0.15) is 11.5 Å². The van der Waals surface area contributed by atoms with Crippen molar-refractivity contribution >= 4 is 35.0 Å². The van der Waals surface area contributed by atoms with Crippen molar-refractivity contribution in [3.63, 3.8) is 0 Å². The van der Waals surface area contributed by atoms with Gasteiger partial charge in [-0.25, -0.2) is 9.37 Å². The van der Waals surface area contributed by atoms with Crippen LogP contribution in [0.1, 0.15) is 56.2 Å². The van der Waals surface area contributed by atoms with Crippen molar-refractivity contribution in [1.29, 1.82) is 0 Å². The average Bonchev–Trinajstić information content (AvgIpc) is 3.39. The Bertz CT molecular complexity index is 1260. The van der Waals surface area contributed by atoms with Gasteiger partial charge in [-0.05, 0) is 67.9 Å². The van der Waals surface area contributed by atoms with Crippen LogP contribution in [0.2, 0.25) is 5.02 Å². The minimum absolute atomic E-state index is 0.0199. The summed E-state index contributed by atoms with van der Waals surface area (Å²) in [5.41, 5.74) is 1.46. The SMILES string of the molecule is O=C(NCc1ccc(F)cc1Cl)c1ccc(NC(=O)c2nc[nH]c2C(=O)NCCN2CCCCC2)cc1. The first kappa shape index (κ1) is 26.3. The lowest BCUT2D eigenvalue weighted by atomic mass is 10.1. The number of halogens is 2. The fourth-order valence-electron chi connectivity index (χ4n) is 4.08. The molecule has 1 fully saturated rings. The molecule has 1 aromatic heterocycles. The topological polar surface area (TPSA) is 119 Å². The molecule has 0 saturated carbocycles. The van der Waals surface area contributed by atoms with Crippen molar-refractivity contribution in [2.45, 2.75) is 25.8 Å². The van der Waals surface area contributed by atoms with Crippen LogP contribution in [-0.4, -0.2) is 58.8 Å².